The lowest BCUT2D eigenvalue weighted by molar-refractivity contribution is -0.148. The van der Waals surface area contributed by atoms with Crippen molar-refractivity contribution >= 4 is 5.91 Å². The van der Waals surface area contributed by atoms with E-state index in [1.165, 1.54) is 4.90 Å². The van der Waals surface area contributed by atoms with Gasteiger partial charge in [-0.3, -0.25) is 4.79 Å². The van der Waals surface area contributed by atoms with E-state index >= 15 is 0 Å². The maximum atomic E-state index is 11.9. The standard InChI is InChI=1S/C10H16F3NO2/c1-7-5-14(6-9(7,2)16)8(15)3-4-10(11,12)13/h7,16H,3-6H2,1-2H3/t7-,9+/m0/s1. The van der Waals surface area contributed by atoms with Gasteiger partial charge in [0.2, 0.25) is 5.91 Å². The normalized spacial score (nSPS) is 30.9. The summed E-state index contributed by atoms with van der Waals surface area (Å²) < 4.78 is 35.7. The van der Waals surface area contributed by atoms with Crippen molar-refractivity contribution in [3.05, 3.63) is 0 Å². The Kier molecular flexibility index (Phi) is 3.52. The molecule has 2 atom stereocenters. The first-order valence-electron chi connectivity index (χ1n) is 5.19. The molecule has 6 heteroatoms. The Balaban J connectivity index is 2.46. The number of β-amino-alcohol motifs (C(OH)–C–C–N with tert-alkyl or cyclic N) is 1. The minimum atomic E-state index is -4.30. The monoisotopic (exact) mass is 239 g/mol. The summed E-state index contributed by atoms with van der Waals surface area (Å²) >= 11 is 0. The second-order valence-corrected chi connectivity index (χ2v) is 4.65. The fourth-order valence-corrected chi connectivity index (χ4v) is 1.73. The first-order chi connectivity index (χ1) is 7.12. The predicted octanol–water partition coefficient (Wildman–Crippen LogP) is 1.56. The van der Waals surface area contributed by atoms with Gasteiger partial charge < -0.3 is 10.0 Å². The van der Waals surface area contributed by atoms with Gasteiger partial charge in [0, 0.05) is 25.4 Å². The molecule has 0 aliphatic carbocycles. The molecule has 1 aliphatic rings. The summed E-state index contributed by atoms with van der Waals surface area (Å²) in [5.74, 6) is -0.649. The van der Waals surface area contributed by atoms with E-state index in [4.69, 9.17) is 0 Å². The fourth-order valence-electron chi connectivity index (χ4n) is 1.73. The molecule has 16 heavy (non-hydrogen) atoms. The molecule has 0 aromatic heterocycles. The van der Waals surface area contributed by atoms with Crippen LogP contribution in [-0.2, 0) is 4.79 Å². The van der Waals surface area contributed by atoms with Gasteiger partial charge >= 0.3 is 6.18 Å². The summed E-state index contributed by atoms with van der Waals surface area (Å²) in [6.07, 6.45) is -5.94. The average Bonchev–Trinajstić information content (AvgIpc) is 2.36. The molecule has 0 unspecified atom stereocenters. The van der Waals surface area contributed by atoms with Crippen LogP contribution in [0.3, 0.4) is 0 Å². The summed E-state index contributed by atoms with van der Waals surface area (Å²) in [4.78, 5) is 12.7. The van der Waals surface area contributed by atoms with E-state index in [1.54, 1.807) is 13.8 Å². The van der Waals surface area contributed by atoms with Crippen molar-refractivity contribution in [1.82, 2.24) is 4.90 Å². The van der Waals surface area contributed by atoms with Crippen LogP contribution in [0.1, 0.15) is 26.7 Å². The van der Waals surface area contributed by atoms with Crippen LogP contribution in [0.5, 0.6) is 0 Å². The zero-order valence-corrected chi connectivity index (χ0v) is 9.34. The zero-order valence-electron chi connectivity index (χ0n) is 9.34. The lowest BCUT2D eigenvalue weighted by Crippen LogP contribution is -2.35. The third-order valence-corrected chi connectivity index (χ3v) is 3.04. The third kappa shape index (κ3) is 3.37. The molecule has 3 nitrogen and oxygen atoms in total. The number of amides is 1. The van der Waals surface area contributed by atoms with Crippen molar-refractivity contribution in [1.29, 1.82) is 0 Å². The number of hydrogen-bond acceptors (Lipinski definition) is 2. The number of likely N-dealkylation sites (tertiary alicyclic amines) is 1. The number of alkyl halides is 3. The largest absolute Gasteiger partial charge is 0.389 e. The van der Waals surface area contributed by atoms with Gasteiger partial charge in [-0.15, -0.1) is 0 Å². The molecule has 1 amide bonds. The van der Waals surface area contributed by atoms with Crippen LogP contribution in [0.15, 0.2) is 0 Å². The van der Waals surface area contributed by atoms with E-state index in [-0.39, 0.29) is 12.5 Å². The number of carbonyl (C=O) groups excluding carboxylic acids is 1. The molecular formula is C10H16F3NO2. The summed E-state index contributed by atoms with van der Waals surface area (Å²) in [6.45, 7) is 3.81. The van der Waals surface area contributed by atoms with E-state index < -0.39 is 30.5 Å². The third-order valence-electron chi connectivity index (χ3n) is 3.04. The van der Waals surface area contributed by atoms with Crippen molar-refractivity contribution in [2.24, 2.45) is 5.92 Å². The second kappa shape index (κ2) is 4.24. The molecule has 0 saturated carbocycles. The minimum absolute atomic E-state index is 0.109. The number of rotatable bonds is 2. The molecule has 1 heterocycles. The number of hydrogen-bond donors (Lipinski definition) is 1. The predicted molar refractivity (Wildman–Crippen MR) is 51.7 cm³/mol. The van der Waals surface area contributed by atoms with Crippen molar-refractivity contribution < 1.29 is 23.1 Å². The quantitative estimate of drug-likeness (QED) is 0.794. The maximum Gasteiger partial charge on any atom is 0.389 e. The number of halogens is 3. The van der Waals surface area contributed by atoms with Gasteiger partial charge in [0.1, 0.15) is 0 Å². The molecule has 0 aromatic rings. The van der Waals surface area contributed by atoms with Gasteiger partial charge in [-0.25, -0.2) is 0 Å². The Hall–Kier alpha value is -0.780. The molecule has 0 aromatic carbocycles. The van der Waals surface area contributed by atoms with Crippen LogP contribution in [-0.4, -0.2) is 40.8 Å². The van der Waals surface area contributed by atoms with Gasteiger partial charge in [0.05, 0.1) is 12.0 Å². The van der Waals surface area contributed by atoms with Crippen LogP contribution in [0.4, 0.5) is 13.2 Å². The highest BCUT2D eigenvalue weighted by Crippen LogP contribution is 2.28. The highest BCUT2D eigenvalue weighted by Gasteiger charge is 2.41. The summed E-state index contributed by atoms with van der Waals surface area (Å²) in [6, 6.07) is 0. The lowest BCUT2D eigenvalue weighted by Gasteiger charge is -2.20. The van der Waals surface area contributed by atoms with E-state index in [2.05, 4.69) is 0 Å². The topological polar surface area (TPSA) is 40.5 Å². The number of carbonyl (C=O) groups is 1. The van der Waals surface area contributed by atoms with Crippen molar-refractivity contribution in [2.75, 3.05) is 13.1 Å². The van der Waals surface area contributed by atoms with Gasteiger partial charge in [0.25, 0.3) is 0 Å². The number of aliphatic hydroxyl groups is 1. The van der Waals surface area contributed by atoms with E-state index in [0.717, 1.165) is 0 Å². The molecule has 0 radical (unpaired) electrons. The van der Waals surface area contributed by atoms with Crippen LogP contribution < -0.4 is 0 Å². The average molecular weight is 239 g/mol. The van der Waals surface area contributed by atoms with Gasteiger partial charge in [-0.1, -0.05) is 6.92 Å². The SMILES string of the molecule is C[C@H]1CN(C(=O)CCC(F)(F)F)C[C@@]1(C)O. The molecule has 1 saturated heterocycles. The van der Waals surface area contributed by atoms with E-state index in [1.807, 2.05) is 0 Å². The molecular weight excluding hydrogens is 223 g/mol. The first kappa shape index (κ1) is 13.3. The Morgan fingerprint density at radius 3 is 2.50 bits per heavy atom. The van der Waals surface area contributed by atoms with Gasteiger partial charge in [-0.2, -0.15) is 13.2 Å². The Bertz CT molecular complexity index is 276. The molecule has 94 valence electrons. The molecule has 1 rings (SSSR count). The van der Waals surface area contributed by atoms with Crippen molar-refractivity contribution in [3.8, 4) is 0 Å². The van der Waals surface area contributed by atoms with E-state index in [9.17, 15) is 23.1 Å². The molecule has 1 fully saturated rings. The maximum absolute atomic E-state index is 11.9. The van der Waals surface area contributed by atoms with Crippen molar-refractivity contribution in [3.63, 3.8) is 0 Å². The Morgan fingerprint density at radius 2 is 2.12 bits per heavy atom. The Morgan fingerprint density at radius 1 is 1.56 bits per heavy atom. The van der Waals surface area contributed by atoms with Crippen LogP contribution in [0.2, 0.25) is 0 Å². The van der Waals surface area contributed by atoms with Gasteiger partial charge in [-0.05, 0) is 6.92 Å². The lowest BCUT2D eigenvalue weighted by atomic mass is 9.95. The molecule has 0 bridgehead atoms. The highest BCUT2D eigenvalue weighted by molar-refractivity contribution is 5.76. The molecule has 0 spiro atoms. The zero-order chi connectivity index (χ0) is 12.6. The van der Waals surface area contributed by atoms with E-state index in [0.29, 0.717) is 6.54 Å². The molecule has 1 aliphatic heterocycles. The second-order valence-electron chi connectivity index (χ2n) is 4.65. The van der Waals surface area contributed by atoms with Crippen LogP contribution in [0.25, 0.3) is 0 Å². The van der Waals surface area contributed by atoms with Crippen LogP contribution in [0, 0.1) is 5.92 Å². The van der Waals surface area contributed by atoms with Crippen LogP contribution >= 0.6 is 0 Å². The summed E-state index contributed by atoms with van der Waals surface area (Å²) in [7, 11) is 0. The highest BCUT2D eigenvalue weighted by atomic mass is 19.4. The summed E-state index contributed by atoms with van der Waals surface area (Å²) in [5.41, 5.74) is -0.992. The minimum Gasteiger partial charge on any atom is -0.388 e. The Labute approximate surface area is 92.2 Å². The van der Waals surface area contributed by atoms with Gasteiger partial charge in [0.15, 0.2) is 0 Å². The molecule has 1 N–H and O–H groups in total. The smallest absolute Gasteiger partial charge is 0.388 e. The summed E-state index contributed by atoms with van der Waals surface area (Å²) in [5, 5.41) is 9.79. The van der Waals surface area contributed by atoms with Crippen molar-refractivity contribution in [2.45, 2.75) is 38.5 Å². The number of nitrogens with zero attached hydrogens (tertiary/aromatic N) is 1. The first-order valence-corrected chi connectivity index (χ1v) is 5.19. The fraction of sp³-hybridized carbons (Fsp3) is 0.900.